The van der Waals surface area contributed by atoms with Gasteiger partial charge in [0.1, 0.15) is 0 Å². The van der Waals surface area contributed by atoms with Gasteiger partial charge in [0, 0.05) is 64.7 Å². The lowest BCUT2D eigenvalue weighted by molar-refractivity contribution is -0.139. The summed E-state index contributed by atoms with van der Waals surface area (Å²) in [5, 5.41) is 5.62. The number of para-hydroxylation sites is 1. The van der Waals surface area contributed by atoms with Gasteiger partial charge < -0.3 is 20.4 Å². The zero-order valence-electron chi connectivity index (χ0n) is 22.0. The van der Waals surface area contributed by atoms with Crippen molar-refractivity contribution in [3.8, 4) is 0 Å². The summed E-state index contributed by atoms with van der Waals surface area (Å²) in [6, 6.07) is 26.7. The molecule has 0 spiro atoms. The highest BCUT2D eigenvalue weighted by Crippen LogP contribution is 2.25. The van der Waals surface area contributed by atoms with Gasteiger partial charge in [-0.1, -0.05) is 60.2 Å². The molecule has 1 fully saturated rings. The number of anilines is 2. The van der Waals surface area contributed by atoms with E-state index in [9.17, 15) is 9.59 Å². The van der Waals surface area contributed by atoms with E-state index in [0.29, 0.717) is 13.1 Å². The molecule has 194 valence electrons. The second-order valence-electron chi connectivity index (χ2n) is 9.74. The lowest BCUT2D eigenvalue weighted by atomic mass is 10.0. The van der Waals surface area contributed by atoms with Gasteiger partial charge in [0.05, 0.1) is 6.04 Å². The molecule has 1 aliphatic rings. The zero-order chi connectivity index (χ0) is 26.2. The normalized spacial score (nSPS) is 14.6. The number of carbonyl (C=O) groups excluding carboxylic acids is 2. The molecule has 2 amide bonds. The fourth-order valence-corrected chi connectivity index (χ4v) is 4.62. The highest BCUT2D eigenvalue weighted by atomic mass is 16.2. The molecule has 1 unspecified atom stereocenters. The van der Waals surface area contributed by atoms with Crippen LogP contribution in [0.15, 0.2) is 78.9 Å². The first-order chi connectivity index (χ1) is 17.9. The number of rotatable bonds is 8. The molecule has 3 aromatic carbocycles. The van der Waals surface area contributed by atoms with Crippen LogP contribution >= 0.6 is 0 Å². The van der Waals surface area contributed by atoms with E-state index in [0.717, 1.165) is 48.6 Å². The number of amides is 2. The van der Waals surface area contributed by atoms with Gasteiger partial charge in [-0.3, -0.25) is 14.5 Å². The molecule has 1 saturated heterocycles. The van der Waals surface area contributed by atoms with Crippen LogP contribution < -0.4 is 20.4 Å². The maximum atomic E-state index is 12.7. The zero-order valence-corrected chi connectivity index (χ0v) is 22.0. The predicted molar refractivity (Wildman–Crippen MR) is 150 cm³/mol. The Labute approximate surface area is 220 Å². The Bertz CT molecular complexity index is 1150. The van der Waals surface area contributed by atoms with Gasteiger partial charge >= 0.3 is 11.8 Å². The number of hydrogen-bond donors (Lipinski definition) is 2. The Balaban J connectivity index is 1.39. The van der Waals surface area contributed by atoms with Crippen molar-refractivity contribution < 1.29 is 9.59 Å². The van der Waals surface area contributed by atoms with E-state index in [-0.39, 0.29) is 6.04 Å². The highest BCUT2D eigenvalue weighted by molar-refractivity contribution is 6.35. The number of aryl methyl sites for hydroxylation is 1. The third-order valence-electron chi connectivity index (χ3n) is 6.91. The first kappa shape index (κ1) is 26.2. The van der Waals surface area contributed by atoms with E-state index in [1.165, 1.54) is 5.69 Å². The average Bonchev–Trinajstić information content (AvgIpc) is 2.93. The van der Waals surface area contributed by atoms with Crippen LogP contribution in [0.5, 0.6) is 0 Å². The number of piperazine rings is 1. The van der Waals surface area contributed by atoms with Crippen LogP contribution in [0.3, 0.4) is 0 Å². The van der Waals surface area contributed by atoms with Crippen LogP contribution in [0.2, 0.25) is 0 Å². The highest BCUT2D eigenvalue weighted by Gasteiger charge is 2.26. The first-order valence-electron chi connectivity index (χ1n) is 12.8. The molecule has 2 N–H and O–H groups in total. The van der Waals surface area contributed by atoms with E-state index >= 15 is 0 Å². The minimum absolute atomic E-state index is 0.0250. The number of benzene rings is 3. The number of carbonyl (C=O) groups is 2. The average molecular weight is 500 g/mol. The van der Waals surface area contributed by atoms with Crippen molar-refractivity contribution in [3.63, 3.8) is 0 Å². The van der Waals surface area contributed by atoms with Crippen molar-refractivity contribution in [3.05, 3.63) is 95.6 Å². The van der Waals surface area contributed by atoms with Crippen LogP contribution in [0.25, 0.3) is 0 Å². The summed E-state index contributed by atoms with van der Waals surface area (Å²) in [7, 11) is 4.04. The molecule has 37 heavy (non-hydrogen) atoms. The molecule has 0 aliphatic carbocycles. The topological polar surface area (TPSA) is 67.9 Å². The Morgan fingerprint density at radius 1 is 0.811 bits per heavy atom. The molecule has 1 heterocycles. The van der Waals surface area contributed by atoms with Crippen molar-refractivity contribution in [2.24, 2.45) is 0 Å². The number of nitrogens with one attached hydrogen (secondary N) is 2. The molecule has 1 aliphatic heterocycles. The molecule has 4 rings (SSSR count). The van der Waals surface area contributed by atoms with Crippen molar-refractivity contribution in [2.75, 3.05) is 56.6 Å². The summed E-state index contributed by atoms with van der Waals surface area (Å²) >= 11 is 0. The lowest BCUT2D eigenvalue weighted by Gasteiger charge is -2.40. The summed E-state index contributed by atoms with van der Waals surface area (Å²) in [6.07, 6.45) is 0. The van der Waals surface area contributed by atoms with Crippen molar-refractivity contribution in [1.82, 2.24) is 15.5 Å². The smallest absolute Gasteiger partial charge is 0.309 e. The maximum absolute atomic E-state index is 12.7. The molecule has 7 nitrogen and oxygen atoms in total. The standard InChI is InChI=1S/C30H37N5O2/c1-23-9-11-24(12-10-23)21-31-29(36)30(37)32-22-28(25-13-15-26(16-14-25)33(2)3)35-19-17-34(18-20-35)27-7-5-4-6-8-27/h4-16,28H,17-22H2,1-3H3,(H,31,36)(H,32,37). The molecule has 7 heteroatoms. The van der Waals surface area contributed by atoms with Crippen LogP contribution in [0, 0.1) is 6.92 Å². The van der Waals surface area contributed by atoms with E-state index in [1.807, 2.05) is 51.4 Å². The SMILES string of the molecule is Cc1ccc(CNC(=O)C(=O)NCC(c2ccc(N(C)C)cc2)N2CCN(c3ccccc3)CC2)cc1. The molecule has 0 radical (unpaired) electrons. The van der Waals surface area contributed by atoms with E-state index in [4.69, 9.17) is 0 Å². The lowest BCUT2D eigenvalue weighted by Crippen LogP contribution is -2.50. The van der Waals surface area contributed by atoms with Crippen molar-refractivity contribution in [1.29, 1.82) is 0 Å². The molecule has 1 atom stereocenters. The van der Waals surface area contributed by atoms with Gasteiger partial charge in [-0.05, 0) is 42.3 Å². The molecule has 3 aromatic rings. The largest absolute Gasteiger partial charge is 0.378 e. The minimum atomic E-state index is -0.615. The molecule has 0 aromatic heterocycles. The Hall–Kier alpha value is -3.84. The predicted octanol–water partition coefficient (Wildman–Crippen LogP) is 3.36. The molecule has 0 saturated carbocycles. The Morgan fingerprint density at radius 3 is 2.05 bits per heavy atom. The summed E-state index contributed by atoms with van der Waals surface area (Å²) in [5.74, 6) is -1.22. The third kappa shape index (κ3) is 7.11. The van der Waals surface area contributed by atoms with Gasteiger partial charge in [0.25, 0.3) is 0 Å². The fourth-order valence-electron chi connectivity index (χ4n) is 4.62. The van der Waals surface area contributed by atoms with Gasteiger partial charge in [-0.2, -0.15) is 0 Å². The van der Waals surface area contributed by atoms with E-state index in [1.54, 1.807) is 0 Å². The second-order valence-corrected chi connectivity index (χ2v) is 9.74. The van der Waals surface area contributed by atoms with Crippen LogP contribution in [0.4, 0.5) is 11.4 Å². The monoisotopic (exact) mass is 499 g/mol. The van der Waals surface area contributed by atoms with Gasteiger partial charge in [0.2, 0.25) is 0 Å². The van der Waals surface area contributed by atoms with Crippen LogP contribution in [-0.4, -0.2) is 63.5 Å². The Morgan fingerprint density at radius 2 is 1.43 bits per heavy atom. The summed E-state index contributed by atoms with van der Waals surface area (Å²) in [5.41, 5.74) is 5.59. The quantitative estimate of drug-likeness (QED) is 0.466. The second kappa shape index (κ2) is 12.4. The van der Waals surface area contributed by atoms with Crippen molar-refractivity contribution in [2.45, 2.75) is 19.5 Å². The summed E-state index contributed by atoms with van der Waals surface area (Å²) < 4.78 is 0. The van der Waals surface area contributed by atoms with Gasteiger partial charge in [0.15, 0.2) is 0 Å². The maximum Gasteiger partial charge on any atom is 0.309 e. The van der Waals surface area contributed by atoms with E-state index < -0.39 is 11.8 Å². The first-order valence-corrected chi connectivity index (χ1v) is 12.8. The Kier molecular flexibility index (Phi) is 8.80. The molecular weight excluding hydrogens is 462 g/mol. The summed E-state index contributed by atoms with van der Waals surface area (Å²) in [4.78, 5) is 32.0. The van der Waals surface area contributed by atoms with Gasteiger partial charge in [-0.25, -0.2) is 0 Å². The third-order valence-corrected chi connectivity index (χ3v) is 6.91. The number of nitrogens with zero attached hydrogens (tertiary/aromatic N) is 3. The van der Waals surface area contributed by atoms with Crippen LogP contribution in [0.1, 0.15) is 22.7 Å². The minimum Gasteiger partial charge on any atom is -0.378 e. The number of hydrogen-bond acceptors (Lipinski definition) is 5. The fraction of sp³-hybridized carbons (Fsp3) is 0.333. The molecule has 0 bridgehead atoms. The van der Waals surface area contributed by atoms with E-state index in [2.05, 4.69) is 73.9 Å². The van der Waals surface area contributed by atoms with Crippen LogP contribution in [-0.2, 0) is 16.1 Å². The molecular formula is C30H37N5O2. The van der Waals surface area contributed by atoms with Gasteiger partial charge in [-0.15, -0.1) is 0 Å². The summed E-state index contributed by atoms with van der Waals surface area (Å²) in [6.45, 7) is 6.24. The van der Waals surface area contributed by atoms with Crippen molar-refractivity contribution >= 4 is 23.2 Å².